The van der Waals surface area contributed by atoms with Crippen LogP contribution in [0.1, 0.15) is 44.4 Å². The van der Waals surface area contributed by atoms with Crippen LogP contribution in [0.4, 0.5) is 5.69 Å². The first-order valence-corrected chi connectivity index (χ1v) is 12.0. The number of aliphatic hydroxyl groups excluding tert-OH is 1. The van der Waals surface area contributed by atoms with Gasteiger partial charge in [0.1, 0.15) is 5.75 Å². The Bertz CT molecular complexity index is 966. The van der Waals surface area contributed by atoms with Crippen molar-refractivity contribution in [2.75, 3.05) is 24.7 Å². The molecule has 5 nitrogen and oxygen atoms in total. The van der Waals surface area contributed by atoms with Crippen LogP contribution in [0, 0.1) is 0 Å². The summed E-state index contributed by atoms with van der Waals surface area (Å²) in [5, 5.41) is 10.3. The molecule has 29 heavy (non-hydrogen) atoms. The number of hydrogen-bond donors (Lipinski definition) is 2. The number of methoxy groups -OCH3 is 1. The first-order valence-electron chi connectivity index (χ1n) is 9.35. The highest BCUT2D eigenvalue weighted by atomic mass is 79.9. The molecule has 160 valence electrons. The molecule has 2 aromatic carbocycles. The fraction of sp³-hybridized carbons (Fsp3) is 0.455. The number of benzene rings is 2. The Morgan fingerprint density at radius 3 is 2.14 bits per heavy atom. The largest absolute Gasteiger partial charge is 0.496 e. The molecule has 0 radical (unpaired) electrons. The molecule has 1 atom stereocenters. The summed E-state index contributed by atoms with van der Waals surface area (Å²) in [7, 11) is -1.66. The highest BCUT2D eigenvalue weighted by molar-refractivity contribution is 9.10. The van der Waals surface area contributed by atoms with Crippen molar-refractivity contribution in [1.82, 2.24) is 0 Å². The van der Waals surface area contributed by atoms with Gasteiger partial charge < -0.3 is 9.84 Å². The van der Waals surface area contributed by atoms with E-state index in [4.69, 9.17) is 4.74 Å². The average molecular weight is 484 g/mol. The van der Waals surface area contributed by atoms with E-state index in [2.05, 4.69) is 47.5 Å². The SMILES string of the molecule is COc1c(CC(C)(CO)c2ccc(NS(C)(=O)=O)cc2)cc(Br)cc1C(C)(C)C. The van der Waals surface area contributed by atoms with Gasteiger partial charge in [-0.3, -0.25) is 4.72 Å². The summed E-state index contributed by atoms with van der Waals surface area (Å²) < 4.78 is 32.1. The molecule has 0 saturated carbocycles. The Hall–Kier alpha value is -1.57. The lowest BCUT2D eigenvalue weighted by atomic mass is 9.76. The standard InChI is InChI=1S/C22H30BrNO4S/c1-21(2,3)19-12-17(23)11-15(20(19)28-5)13-22(4,14-25)16-7-9-18(10-8-16)24-29(6,26)27/h7-12,24-25H,13-14H2,1-6H3. The summed E-state index contributed by atoms with van der Waals surface area (Å²) in [5.41, 5.74) is 2.84. The summed E-state index contributed by atoms with van der Waals surface area (Å²) in [4.78, 5) is 0. The second-order valence-corrected chi connectivity index (χ2v) is 11.4. The zero-order valence-corrected chi connectivity index (χ0v) is 20.2. The smallest absolute Gasteiger partial charge is 0.229 e. The number of rotatable bonds is 7. The first kappa shape index (κ1) is 23.7. The molecule has 7 heteroatoms. The third-order valence-electron chi connectivity index (χ3n) is 4.96. The molecule has 0 aromatic heterocycles. The Kier molecular flexibility index (Phi) is 7.08. The van der Waals surface area contributed by atoms with Crippen molar-refractivity contribution in [3.8, 4) is 5.75 Å². The van der Waals surface area contributed by atoms with Gasteiger partial charge in [0.2, 0.25) is 10.0 Å². The maximum atomic E-state index is 11.4. The van der Waals surface area contributed by atoms with E-state index in [1.165, 1.54) is 0 Å². The maximum absolute atomic E-state index is 11.4. The van der Waals surface area contributed by atoms with Crippen LogP contribution >= 0.6 is 15.9 Å². The molecule has 2 N–H and O–H groups in total. The molecule has 0 saturated heterocycles. The summed E-state index contributed by atoms with van der Waals surface area (Å²) in [6.45, 7) is 8.34. The van der Waals surface area contributed by atoms with Gasteiger partial charge in [-0.2, -0.15) is 0 Å². The zero-order chi connectivity index (χ0) is 22.0. The number of halogens is 1. The third kappa shape index (κ3) is 5.96. The van der Waals surface area contributed by atoms with Crippen LogP contribution in [-0.2, 0) is 27.3 Å². The van der Waals surface area contributed by atoms with Crippen LogP contribution in [0.3, 0.4) is 0 Å². The molecular formula is C22H30BrNO4S. The normalized spacial score (nSPS) is 14.3. The molecule has 2 aromatic rings. The number of ether oxygens (including phenoxy) is 1. The van der Waals surface area contributed by atoms with Crippen LogP contribution in [0.15, 0.2) is 40.9 Å². The van der Waals surface area contributed by atoms with Gasteiger partial charge >= 0.3 is 0 Å². The van der Waals surface area contributed by atoms with E-state index in [1.54, 1.807) is 19.2 Å². The molecule has 0 amide bonds. The van der Waals surface area contributed by atoms with Crippen LogP contribution < -0.4 is 9.46 Å². The van der Waals surface area contributed by atoms with E-state index in [0.29, 0.717) is 12.1 Å². The first-order chi connectivity index (χ1) is 13.3. The van der Waals surface area contributed by atoms with Crippen LogP contribution in [0.5, 0.6) is 5.75 Å². The Morgan fingerprint density at radius 1 is 1.10 bits per heavy atom. The zero-order valence-electron chi connectivity index (χ0n) is 17.8. The van der Waals surface area contributed by atoms with E-state index in [-0.39, 0.29) is 12.0 Å². The third-order valence-corrected chi connectivity index (χ3v) is 6.02. The van der Waals surface area contributed by atoms with Crippen molar-refractivity contribution in [3.05, 3.63) is 57.6 Å². The van der Waals surface area contributed by atoms with Gasteiger partial charge in [-0.05, 0) is 47.2 Å². The number of anilines is 1. The number of hydrogen-bond acceptors (Lipinski definition) is 4. The lowest BCUT2D eigenvalue weighted by Gasteiger charge is -2.31. The second-order valence-electron chi connectivity index (χ2n) is 8.74. The lowest BCUT2D eigenvalue weighted by Crippen LogP contribution is -2.30. The van der Waals surface area contributed by atoms with Gasteiger partial charge in [0.05, 0.1) is 20.0 Å². The number of nitrogens with one attached hydrogen (secondary N) is 1. The lowest BCUT2D eigenvalue weighted by molar-refractivity contribution is 0.203. The van der Waals surface area contributed by atoms with Crippen LogP contribution in [-0.4, -0.2) is 33.5 Å². The van der Waals surface area contributed by atoms with Crippen molar-refractivity contribution >= 4 is 31.6 Å². The second kappa shape index (κ2) is 8.66. The minimum absolute atomic E-state index is 0.0631. The molecule has 0 heterocycles. The topological polar surface area (TPSA) is 75.6 Å². The summed E-state index contributed by atoms with van der Waals surface area (Å²) in [6.07, 6.45) is 1.68. The van der Waals surface area contributed by atoms with Crippen LogP contribution in [0.2, 0.25) is 0 Å². The highest BCUT2D eigenvalue weighted by Crippen LogP contribution is 2.40. The highest BCUT2D eigenvalue weighted by Gasteiger charge is 2.30. The van der Waals surface area contributed by atoms with Crippen molar-refractivity contribution in [2.24, 2.45) is 0 Å². The molecular weight excluding hydrogens is 454 g/mol. The predicted octanol–water partition coefficient (Wildman–Crippen LogP) is 4.62. The molecule has 0 fully saturated rings. The van der Waals surface area contributed by atoms with Crippen molar-refractivity contribution in [3.63, 3.8) is 0 Å². The molecule has 1 unspecified atom stereocenters. The Balaban J connectivity index is 2.46. The van der Waals surface area contributed by atoms with Gasteiger partial charge in [-0.25, -0.2) is 8.42 Å². The monoisotopic (exact) mass is 483 g/mol. The fourth-order valence-electron chi connectivity index (χ4n) is 3.40. The van der Waals surface area contributed by atoms with E-state index in [1.807, 2.05) is 25.1 Å². The van der Waals surface area contributed by atoms with Gasteiger partial charge in [0, 0.05) is 21.1 Å². The van der Waals surface area contributed by atoms with Crippen molar-refractivity contribution < 1.29 is 18.3 Å². The van der Waals surface area contributed by atoms with Gasteiger partial charge in [0.15, 0.2) is 0 Å². The quantitative estimate of drug-likeness (QED) is 0.602. The van der Waals surface area contributed by atoms with Crippen molar-refractivity contribution in [2.45, 2.75) is 44.9 Å². The maximum Gasteiger partial charge on any atom is 0.229 e. The number of sulfonamides is 1. The summed E-state index contributed by atoms with van der Waals surface area (Å²) >= 11 is 3.61. The molecule has 0 spiro atoms. The van der Waals surface area contributed by atoms with Gasteiger partial charge in [0.25, 0.3) is 0 Å². The van der Waals surface area contributed by atoms with E-state index < -0.39 is 15.4 Å². The molecule has 0 aliphatic rings. The minimum atomic E-state index is -3.33. The Labute approximate surface area is 182 Å². The summed E-state index contributed by atoms with van der Waals surface area (Å²) in [6, 6.07) is 11.2. The number of aliphatic hydroxyl groups is 1. The fourth-order valence-corrected chi connectivity index (χ4v) is 4.47. The predicted molar refractivity (Wildman–Crippen MR) is 122 cm³/mol. The Morgan fingerprint density at radius 2 is 1.69 bits per heavy atom. The average Bonchev–Trinajstić information content (AvgIpc) is 2.59. The molecule has 0 bridgehead atoms. The van der Waals surface area contributed by atoms with E-state index in [9.17, 15) is 13.5 Å². The van der Waals surface area contributed by atoms with Crippen molar-refractivity contribution in [1.29, 1.82) is 0 Å². The van der Waals surface area contributed by atoms with Gasteiger partial charge in [-0.1, -0.05) is 55.8 Å². The van der Waals surface area contributed by atoms with E-state index in [0.717, 1.165) is 33.2 Å². The van der Waals surface area contributed by atoms with Crippen LogP contribution in [0.25, 0.3) is 0 Å². The molecule has 0 aliphatic carbocycles. The van der Waals surface area contributed by atoms with Gasteiger partial charge in [-0.15, -0.1) is 0 Å². The minimum Gasteiger partial charge on any atom is -0.496 e. The summed E-state index contributed by atoms with van der Waals surface area (Å²) in [5.74, 6) is 0.829. The van der Waals surface area contributed by atoms with E-state index >= 15 is 0 Å². The molecule has 0 aliphatic heterocycles. The molecule has 2 rings (SSSR count).